The van der Waals surface area contributed by atoms with Crippen molar-refractivity contribution < 1.29 is 31.1 Å². The fourth-order valence-electron chi connectivity index (χ4n) is 3.25. The van der Waals surface area contributed by atoms with Gasteiger partial charge in [-0.15, -0.1) is 0 Å². The largest absolute Gasteiger partial charge is 0.494 e. The summed E-state index contributed by atoms with van der Waals surface area (Å²) in [6, 6.07) is 12.1. The molecule has 0 aliphatic carbocycles. The SMILES string of the molecule is CCOc1ccc(N(CC(=O)Nc2ccc(S(=O)(=O)N3CCOCC3)cc2)S(C)(=O)=O)cc1. The van der Waals surface area contributed by atoms with Gasteiger partial charge in [0.2, 0.25) is 26.0 Å². The Morgan fingerprint density at radius 1 is 1.03 bits per heavy atom. The van der Waals surface area contributed by atoms with Gasteiger partial charge in [0.05, 0.1) is 36.7 Å². The van der Waals surface area contributed by atoms with Crippen molar-refractivity contribution in [2.75, 3.05) is 55.3 Å². The molecule has 1 N–H and O–H groups in total. The molecule has 3 rings (SSSR count). The standard InChI is InChI=1S/C21H27N3O7S2/c1-3-31-19-8-6-18(7-9-19)24(32(2,26)27)16-21(25)22-17-4-10-20(11-5-17)33(28,29)23-12-14-30-15-13-23/h4-11H,3,12-16H2,1-2H3,(H,22,25). The third-order valence-corrected chi connectivity index (χ3v) is 7.92. The van der Waals surface area contributed by atoms with Gasteiger partial charge in [-0.1, -0.05) is 0 Å². The second kappa shape index (κ2) is 10.5. The van der Waals surface area contributed by atoms with E-state index in [4.69, 9.17) is 9.47 Å². The number of hydrogen-bond acceptors (Lipinski definition) is 7. The smallest absolute Gasteiger partial charge is 0.245 e. The highest BCUT2D eigenvalue weighted by molar-refractivity contribution is 7.92. The average Bonchev–Trinajstić information content (AvgIpc) is 2.79. The molecule has 1 saturated heterocycles. The van der Waals surface area contributed by atoms with Crippen LogP contribution < -0.4 is 14.4 Å². The third-order valence-electron chi connectivity index (χ3n) is 4.87. The van der Waals surface area contributed by atoms with Gasteiger partial charge in [0, 0.05) is 18.8 Å². The van der Waals surface area contributed by atoms with Gasteiger partial charge < -0.3 is 14.8 Å². The Labute approximate surface area is 194 Å². The Morgan fingerprint density at radius 3 is 2.18 bits per heavy atom. The van der Waals surface area contributed by atoms with Crippen LogP contribution in [-0.2, 0) is 29.6 Å². The molecule has 33 heavy (non-hydrogen) atoms. The van der Waals surface area contributed by atoms with Crippen LogP contribution in [0.15, 0.2) is 53.4 Å². The lowest BCUT2D eigenvalue weighted by Gasteiger charge is -2.26. The number of carbonyl (C=O) groups is 1. The molecule has 12 heteroatoms. The maximum Gasteiger partial charge on any atom is 0.245 e. The summed E-state index contributed by atoms with van der Waals surface area (Å²) in [5.74, 6) is 0.0179. The Morgan fingerprint density at radius 2 is 1.64 bits per heavy atom. The minimum atomic E-state index is -3.73. The van der Waals surface area contributed by atoms with E-state index in [2.05, 4.69) is 5.32 Å². The van der Waals surface area contributed by atoms with E-state index in [0.29, 0.717) is 36.9 Å². The van der Waals surface area contributed by atoms with Crippen LogP contribution in [0.3, 0.4) is 0 Å². The molecule has 2 aromatic rings. The summed E-state index contributed by atoms with van der Waals surface area (Å²) in [5, 5.41) is 2.61. The topological polar surface area (TPSA) is 122 Å². The highest BCUT2D eigenvalue weighted by Gasteiger charge is 2.26. The summed E-state index contributed by atoms with van der Waals surface area (Å²) in [5.41, 5.74) is 0.670. The zero-order valence-electron chi connectivity index (χ0n) is 18.4. The van der Waals surface area contributed by atoms with Gasteiger partial charge in [-0.3, -0.25) is 9.10 Å². The highest BCUT2D eigenvalue weighted by Crippen LogP contribution is 2.23. The van der Waals surface area contributed by atoms with E-state index in [1.807, 2.05) is 6.92 Å². The first-order chi connectivity index (χ1) is 15.6. The number of benzene rings is 2. The molecule has 10 nitrogen and oxygen atoms in total. The van der Waals surface area contributed by atoms with E-state index >= 15 is 0 Å². The number of nitrogens with zero attached hydrogens (tertiary/aromatic N) is 2. The monoisotopic (exact) mass is 497 g/mol. The van der Waals surface area contributed by atoms with Crippen molar-refractivity contribution in [1.82, 2.24) is 4.31 Å². The molecule has 0 radical (unpaired) electrons. The van der Waals surface area contributed by atoms with Crippen molar-refractivity contribution in [1.29, 1.82) is 0 Å². The number of nitrogens with one attached hydrogen (secondary N) is 1. The predicted molar refractivity (Wildman–Crippen MR) is 124 cm³/mol. The zero-order valence-corrected chi connectivity index (χ0v) is 20.1. The number of rotatable bonds is 9. The zero-order chi connectivity index (χ0) is 24.1. The molecular formula is C21H27N3O7S2. The molecule has 0 bridgehead atoms. The van der Waals surface area contributed by atoms with Gasteiger partial charge in [0.25, 0.3) is 0 Å². The van der Waals surface area contributed by atoms with Crippen molar-refractivity contribution in [2.45, 2.75) is 11.8 Å². The average molecular weight is 498 g/mol. The van der Waals surface area contributed by atoms with Crippen LogP contribution in [0.2, 0.25) is 0 Å². The van der Waals surface area contributed by atoms with E-state index in [-0.39, 0.29) is 18.0 Å². The normalized spacial score (nSPS) is 15.1. The summed E-state index contributed by atoms with van der Waals surface area (Å²) in [6.07, 6.45) is 1.02. The Bertz CT molecular complexity index is 1160. The molecular weight excluding hydrogens is 470 g/mol. The van der Waals surface area contributed by atoms with Gasteiger partial charge >= 0.3 is 0 Å². The Kier molecular flexibility index (Phi) is 7.95. The van der Waals surface area contributed by atoms with E-state index in [1.54, 1.807) is 24.3 Å². The maximum absolute atomic E-state index is 12.7. The van der Waals surface area contributed by atoms with Crippen LogP contribution in [0.1, 0.15) is 6.92 Å². The number of morpholine rings is 1. The predicted octanol–water partition coefficient (Wildman–Crippen LogP) is 1.51. The molecule has 1 fully saturated rings. The molecule has 1 aliphatic rings. The number of anilines is 2. The fourth-order valence-corrected chi connectivity index (χ4v) is 5.52. The highest BCUT2D eigenvalue weighted by atomic mass is 32.2. The van der Waals surface area contributed by atoms with Crippen LogP contribution in [0.4, 0.5) is 11.4 Å². The molecule has 0 atom stereocenters. The van der Waals surface area contributed by atoms with E-state index < -0.39 is 32.5 Å². The quantitative estimate of drug-likeness (QED) is 0.557. The molecule has 0 aromatic heterocycles. The van der Waals surface area contributed by atoms with E-state index in [9.17, 15) is 21.6 Å². The summed E-state index contributed by atoms with van der Waals surface area (Å²) in [4.78, 5) is 12.7. The first-order valence-electron chi connectivity index (χ1n) is 10.3. The minimum Gasteiger partial charge on any atom is -0.494 e. The Hall–Kier alpha value is -2.67. The lowest BCUT2D eigenvalue weighted by Crippen LogP contribution is -2.40. The molecule has 1 amide bonds. The molecule has 1 heterocycles. The van der Waals surface area contributed by atoms with E-state index in [1.165, 1.54) is 28.6 Å². The van der Waals surface area contributed by atoms with Crippen molar-refractivity contribution in [3.63, 3.8) is 0 Å². The molecule has 1 aliphatic heterocycles. The number of hydrogen-bond donors (Lipinski definition) is 1. The van der Waals surface area contributed by atoms with Crippen LogP contribution in [0, 0.1) is 0 Å². The molecule has 0 saturated carbocycles. The summed E-state index contributed by atoms with van der Waals surface area (Å²) in [6.45, 7) is 3.13. The molecule has 2 aromatic carbocycles. The number of sulfonamides is 2. The molecule has 0 unspecified atom stereocenters. The first-order valence-corrected chi connectivity index (χ1v) is 13.6. The first kappa shape index (κ1) is 25.0. The van der Waals surface area contributed by atoms with Crippen molar-refractivity contribution in [2.24, 2.45) is 0 Å². The second-order valence-corrected chi connectivity index (χ2v) is 11.1. The third kappa shape index (κ3) is 6.44. The van der Waals surface area contributed by atoms with Crippen molar-refractivity contribution in [3.05, 3.63) is 48.5 Å². The van der Waals surface area contributed by atoms with Crippen LogP contribution >= 0.6 is 0 Å². The van der Waals surface area contributed by atoms with Crippen LogP contribution in [-0.4, -0.2) is 72.8 Å². The minimum absolute atomic E-state index is 0.106. The van der Waals surface area contributed by atoms with Gasteiger partial charge in [-0.05, 0) is 55.5 Å². The van der Waals surface area contributed by atoms with Gasteiger partial charge in [0.15, 0.2) is 0 Å². The number of carbonyl (C=O) groups excluding carboxylic acids is 1. The van der Waals surface area contributed by atoms with Crippen LogP contribution in [0.25, 0.3) is 0 Å². The van der Waals surface area contributed by atoms with Gasteiger partial charge in [-0.25, -0.2) is 16.8 Å². The summed E-state index contributed by atoms with van der Waals surface area (Å²) in [7, 11) is -7.38. The van der Waals surface area contributed by atoms with E-state index in [0.717, 1.165) is 10.6 Å². The summed E-state index contributed by atoms with van der Waals surface area (Å²) >= 11 is 0. The van der Waals surface area contributed by atoms with Crippen molar-refractivity contribution in [3.8, 4) is 5.75 Å². The number of amides is 1. The van der Waals surface area contributed by atoms with Gasteiger partial charge in [0.1, 0.15) is 12.3 Å². The maximum atomic E-state index is 12.7. The number of ether oxygens (including phenoxy) is 2. The summed E-state index contributed by atoms with van der Waals surface area (Å²) < 4.78 is 62.8. The fraction of sp³-hybridized carbons (Fsp3) is 0.381. The van der Waals surface area contributed by atoms with Crippen molar-refractivity contribution >= 4 is 37.3 Å². The lowest BCUT2D eigenvalue weighted by atomic mass is 10.3. The van der Waals surface area contributed by atoms with Gasteiger partial charge in [-0.2, -0.15) is 4.31 Å². The lowest BCUT2D eigenvalue weighted by molar-refractivity contribution is -0.114. The molecule has 0 spiro atoms. The van der Waals surface area contributed by atoms with Crippen LogP contribution in [0.5, 0.6) is 5.75 Å². The molecule has 180 valence electrons. The second-order valence-electron chi connectivity index (χ2n) is 7.29. The Balaban J connectivity index is 1.69.